The highest BCUT2D eigenvalue weighted by molar-refractivity contribution is 5.99. The van der Waals surface area contributed by atoms with Crippen LogP contribution in [0.4, 0.5) is 0 Å². The van der Waals surface area contributed by atoms with Gasteiger partial charge < -0.3 is 19.9 Å². The number of ether oxygens (including phenoxy) is 2. The molecule has 28 heavy (non-hydrogen) atoms. The van der Waals surface area contributed by atoms with Crippen molar-refractivity contribution >= 4 is 12.0 Å². The van der Waals surface area contributed by atoms with Gasteiger partial charge in [-0.1, -0.05) is 42.0 Å². The second-order valence-corrected chi connectivity index (χ2v) is 8.35. The molecule has 0 radical (unpaired) electrons. The van der Waals surface area contributed by atoms with Crippen LogP contribution in [0.1, 0.15) is 60.7 Å². The number of nitrogens with one attached hydrogen (secondary N) is 1. The van der Waals surface area contributed by atoms with Crippen molar-refractivity contribution in [1.82, 2.24) is 5.32 Å². The summed E-state index contributed by atoms with van der Waals surface area (Å²) in [6.45, 7) is 9.68. The predicted molar refractivity (Wildman–Crippen MR) is 110 cm³/mol. The molecule has 1 aromatic carbocycles. The van der Waals surface area contributed by atoms with Crippen molar-refractivity contribution in [3.63, 3.8) is 0 Å². The lowest BCUT2D eigenvalue weighted by Gasteiger charge is -2.20. The van der Waals surface area contributed by atoms with Crippen LogP contribution in [0.3, 0.4) is 0 Å². The third-order valence-corrected chi connectivity index (χ3v) is 5.16. The van der Waals surface area contributed by atoms with Crippen LogP contribution >= 0.6 is 0 Å². The minimum atomic E-state index is -0.761. The fourth-order valence-electron chi connectivity index (χ4n) is 3.99. The van der Waals surface area contributed by atoms with Gasteiger partial charge in [0.1, 0.15) is 12.2 Å². The highest BCUT2D eigenvalue weighted by Crippen LogP contribution is 2.32. The Hall–Kier alpha value is -1.95. The van der Waals surface area contributed by atoms with E-state index in [0.717, 1.165) is 16.7 Å². The Kier molecular flexibility index (Phi) is 6.08. The topological polar surface area (TPSA) is 67.8 Å². The highest BCUT2D eigenvalue weighted by atomic mass is 16.8. The van der Waals surface area contributed by atoms with E-state index in [0.29, 0.717) is 18.4 Å². The molecule has 2 N–H and O–H groups in total. The van der Waals surface area contributed by atoms with E-state index in [-0.39, 0.29) is 18.1 Å². The fraction of sp³-hybridized carbons (Fsp3) is 0.522. The van der Waals surface area contributed by atoms with Gasteiger partial charge in [0.25, 0.3) is 5.91 Å². The molecule has 5 nitrogen and oxygen atoms in total. The molecular formula is C23H31NO4. The SMILES string of the molecule is Cc1cc(C)c2c(c1)/C=C/C[C@@H]1OC(C)(C)OC1C(O)/C=C\CC(C)NC2=O. The van der Waals surface area contributed by atoms with Crippen molar-refractivity contribution in [3.8, 4) is 0 Å². The van der Waals surface area contributed by atoms with E-state index >= 15 is 0 Å². The van der Waals surface area contributed by atoms with E-state index in [2.05, 4.69) is 5.32 Å². The average molecular weight is 386 g/mol. The first-order chi connectivity index (χ1) is 13.2. The number of carbonyl (C=O) groups excluding carboxylic acids is 1. The second-order valence-electron chi connectivity index (χ2n) is 8.35. The number of rotatable bonds is 0. The number of amides is 1. The normalized spacial score (nSPS) is 32.6. The van der Waals surface area contributed by atoms with Crippen molar-refractivity contribution in [2.75, 3.05) is 0 Å². The fourth-order valence-corrected chi connectivity index (χ4v) is 3.99. The van der Waals surface area contributed by atoms with Crippen LogP contribution in [-0.4, -0.2) is 41.2 Å². The summed E-state index contributed by atoms with van der Waals surface area (Å²) in [6.07, 6.45) is 7.37. The maximum absolute atomic E-state index is 12.9. The number of hydrogen-bond acceptors (Lipinski definition) is 4. The van der Waals surface area contributed by atoms with Crippen molar-refractivity contribution in [2.24, 2.45) is 0 Å². The molecule has 3 unspecified atom stereocenters. The van der Waals surface area contributed by atoms with Crippen LogP contribution in [0, 0.1) is 13.8 Å². The molecule has 5 heteroatoms. The zero-order valence-electron chi connectivity index (χ0n) is 17.4. The van der Waals surface area contributed by atoms with E-state index in [1.54, 1.807) is 6.08 Å². The summed E-state index contributed by atoms with van der Waals surface area (Å²) in [5.41, 5.74) is 3.67. The van der Waals surface area contributed by atoms with Crippen LogP contribution in [0.25, 0.3) is 6.08 Å². The summed E-state index contributed by atoms with van der Waals surface area (Å²) >= 11 is 0. The zero-order chi connectivity index (χ0) is 20.5. The van der Waals surface area contributed by atoms with Gasteiger partial charge in [0.2, 0.25) is 0 Å². The Balaban J connectivity index is 1.98. The van der Waals surface area contributed by atoms with Gasteiger partial charge in [0, 0.05) is 11.6 Å². The van der Waals surface area contributed by atoms with Crippen LogP contribution in [0.2, 0.25) is 0 Å². The number of carbonyl (C=O) groups is 1. The Bertz CT molecular complexity index is 796. The molecule has 1 aromatic rings. The highest BCUT2D eigenvalue weighted by Gasteiger charge is 2.43. The zero-order valence-corrected chi connectivity index (χ0v) is 17.4. The third kappa shape index (κ3) is 4.72. The van der Waals surface area contributed by atoms with E-state index in [1.165, 1.54) is 0 Å². The van der Waals surface area contributed by atoms with Gasteiger partial charge >= 0.3 is 0 Å². The van der Waals surface area contributed by atoms with E-state index < -0.39 is 18.0 Å². The van der Waals surface area contributed by atoms with Gasteiger partial charge in [-0.15, -0.1) is 0 Å². The molecule has 0 aromatic heterocycles. The molecule has 2 aliphatic rings. The summed E-state index contributed by atoms with van der Waals surface area (Å²) < 4.78 is 12.0. The van der Waals surface area contributed by atoms with Crippen molar-refractivity contribution in [1.29, 1.82) is 0 Å². The Morgan fingerprint density at radius 1 is 1.14 bits per heavy atom. The summed E-state index contributed by atoms with van der Waals surface area (Å²) in [5, 5.41) is 13.6. The third-order valence-electron chi connectivity index (χ3n) is 5.16. The van der Waals surface area contributed by atoms with Crippen LogP contribution < -0.4 is 5.32 Å². The smallest absolute Gasteiger partial charge is 0.252 e. The molecular weight excluding hydrogens is 354 g/mol. The molecule has 4 atom stereocenters. The predicted octanol–water partition coefficient (Wildman–Crippen LogP) is 3.67. The standard InChI is InChI=1S/C23H31NO4/c1-14-12-15(2)20-17(13-14)9-7-11-19-21(28-23(4,5)27-19)18(25)10-6-8-16(3)24-22(20)26/h6-7,9-10,12-13,16,18-19,21,25H,8,11H2,1-5H3,(H,24,26)/b9-7+,10-6-/t16?,18?,19-,21?/m0/s1. The summed E-state index contributed by atoms with van der Waals surface area (Å²) in [5.74, 6) is -0.808. The molecule has 1 amide bonds. The number of aryl methyl sites for hydroxylation is 2. The Morgan fingerprint density at radius 2 is 1.89 bits per heavy atom. The number of fused-ring (bicyclic) bond motifs is 2. The lowest BCUT2D eigenvalue weighted by atomic mass is 9.96. The number of hydrogen-bond donors (Lipinski definition) is 2. The van der Waals surface area contributed by atoms with Crippen molar-refractivity contribution in [3.05, 3.63) is 52.6 Å². The Morgan fingerprint density at radius 3 is 2.64 bits per heavy atom. The molecule has 0 spiro atoms. The molecule has 0 saturated carbocycles. The van der Waals surface area contributed by atoms with Crippen molar-refractivity contribution < 1.29 is 19.4 Å². The molecule has 1 fully saturated rings. The summed E-state index contributed by atoms with van der Waals surface area (Å²) in [7, 11) is 0. The first-order valence-electron chi connectivity index (χ1n) is 9.95. The number of aliphatic hydroxyl groups is 1. The van der Waals surface area contributed by atoms with Gasteiger partial charge in [-0.2, -0.15) is 0 Å². The molecule has 0 aliphatic carbocycles. The molecule has 3 rings (SSSR count). The summed E-state index contributed by atoms with van der Waals surface area (Å²) in [6, 6.07) is 4.00. The van der Waals surface area contributed by atoms with Gasteiger partial charge in [0.15, 0.2) is 5.79 Å². The van der Waals surface area contributed by atoms with Crippen molar-refractivity contribution in [2.45, 2.75) is 77.6 Å². The lowest BCUT2D eigenvalue weighted by Crippen LogP contribution is -2.35. The van der Waals surface area contributed by atoms with E-state index in [4.69, 9.17) is 9.47 Å². The van der Waals surface area contributed by atoms with Gasteiger partial charge in [-0.05, 0) is 58.6 Å². The molecule has 1 saturated heterocycles. The number of benzene rings is 1. The van der Waals surface area contributed by atoms with Gasteiger partial charge in [-0.25, -0.2) is 0 Å². The quantitative estimate of drug-likeness (QED) is 0.669. The van der Waals surface area contributed by atoms with Crippen LogP contribution in [0.5, 0.6) is 0 Å². The lowest BCUT2D eigenvalue weighted by molar-refractivity contribution is -0.152. The second kappa shape index (κ2) is 8.19. The van der Waals surface area contributed by atoms with E-state index in [1.807, 2.05) is 65.0 Å². The van der Waals surface area contributed by atoms with Crippen LogP contribution in [0.15, 0.2) is 30.4 Å². The largest absolute Gasteiger partial charge is 0.386 e. The molecule has 0 bridgehead atoms. The summed E-state index contributed by atoms with van der Waals surface area (Å²) in [4.78, 5) is 12.9. The van der Waals surface area contributed by atoms with Crippen LogP contribution in [-0.2, 0) is 9.47 Å². The van der Waals surface area contributed by atoms with Gasteiger partial charge in [-0.3, -0.25) is 4.79 Å². The molecule has 152 valence electrons. The van der Waals surface area contributed by atoms with E-state index in [9.17, 15) is 9.90 Å². The maximum atomic E-state index is 12.9. The molecule has 2 heterocycles. The monoisotopic (exact) mass is 385 g/mol. The minimum absolute atomic E-state index is 0.0515. The van der Waals surface area contributed by atoms with Gasteiger partial charge in [0.05, 0.1) is 6.10 Å². The maximum Gasteiger partial charge on any atom is 0.252 e. The average Bonchev–Trinajstić information content (AvgIpc) is 2.88. The Labute approximate surface area is 167 Å². The first kappa shape index (κ1) is 20.8. The minimum Gasteiger partial charge on any atom is -0.386 e. The number of aliphatic hydroxyl groups excluding tert-OH is 1. The first-order valence-corrected chi connectivity index (χ1v) is 9.95. The molecule has 2 aliphatic heterocycles.